The molecule has 2 rings (SSSR count). The average Bonchev–Trinajstić information content (AvgIpc) is 3.02. The molecule has 0 saturated carbocycles. The highest BCUT2D eigenvalue weighted by molar-refractivity contribution is 8.14. The van der Waals surface area contributed by atoms with Gasteiger partial charge in [-0.2, -0.15) is 0 Å². The van der Waals surface area contributed by atoms with Gasteiger partial charge < -0.3 is 0 Å². The highest BCUT2D eigenvalue weighted by Crippen LogP contribution is 2.32. The Balaban J connectivity index is 1.95. The molecule has 0 amide bonds. The Morgan fingerprint density at radius 2 is 0.727 bits per heavy atom. The number of sulfone groups is 2. The van der Waals surface area contributed by atoms with Crippen LogP contribution in [0.5, 0.6) is 0 Å². The molecule has 0 saturated heterocycles. The summed E-state index contributed by atoms with van der Waals surface area (Å²) < 4.78 is 54.2. The molecule has 6 heteroatoms. The van der Waals surface area contributed by atoms with Crippen molar-refractivity contribution >= 4 is 19.7 Å². The highest BCUT2D eigenvalue weighted by atomic mass is 32.3. The Hall–Kier alpha value is -1.92. The fourth-order valence-electron chi connectivity index (χ4n) is 5.94. The lowest BCUT2D eigenvalue weighted by Gasteiger charge is -2.15. The lowest BCUT2D eigenvalue weighted by Crippen LogP contribution is -2.17. The second-order valence-electron chi connectivity index (χ2n) is 12.5. The van der Waals surface area contributed by atoms with E-state index in [4.69, 9.17) is 0 Å². The van der Waals surface area contributed by atoms with Crippen molar-refractivity contribution in [2.75, 3.05) is 0 Å². The standard InChI is InChI=1S/C38H60O4S2/c1-4-6-8-10-12-14-16-18-20-22-28-35-30-24-26-32-37(35)43(39,40)34(3)44(41,42)38-33-27-25-31-36(38)29-23-21-19-17-15-13-11-9-7-5-2/h24-27,30-33H,3-23,28-29H2,1-2H3. The van der Waals surface area contributed by atoms with Crippen molar-refractivity contribution in [2.24, 2.45) is 0 Å². The smallest absolute Gasteiger partial charge is 0.217 e. The van der Waals surface area contributed by atoms with E-state index in [9.17, 15) is 16.8 Å². The van der Waals surface area contributed by atoms with Crippen LogP contribution in [0.4, 0.5) is 0 Å². The molecule has 0 spiro atoms. The molecule has 0 aliphatic carbocycles. The molecule has 0 aliphatic heterocycles. The van der Waals surface area contributed by atoms with Gasteiger partial charge in [0.1, 0.15) is 0 Å². The van der Waals surface area contributed by atoms with Crippen molar-refractivity contribution in [1.29, 1.82) is 0 Å². The summed E-state index contributed by atoms with van der Waals surface area (Å²) in [6.45, 7) is 8.14. The summed E-state index contributed by atoms with van der Waals surface area (Å²) in [7, 11) is -8.56. The van der Waals surface area contributed by atoms with Crippen LogP contribution >= 0.6 is 0 Å². The summed E-state index contributed by atoms with van der Waals surface area (Å²) >= 11 is 0. The van der Waals surface area contributed by atoms with Gasteiger partial charge in [0.2, 0.25) is 19.7 Å². The van der Waals surface area contributed by atoms with E-state index in [1.165, 1.54) is 102 Å². The number of aryl methyl sites for hydroxylation is 2. The summed E-state index contributed by atoms with van der Waals surface area (Å²) in [6.07, 6.45) is 25.3. The van der Waals surface area contributed by atoms with E-state index in [0.29, 0.717) is 24.0 Å². The molecule has 0 bridgehead atoms. The fourth-order valence-corrected chi connectivity index (χ4v) is 9.67. The van der Waals surface area contributed by atoms with Gasteiger partial charge in [0, 0.05) is 0 Å². The number of benzene rings is 2. The van der Waals surface area contributed by atoms with Crippen molar-refractivity contribution in [3.63, 3.8) is 0 Å². The molecule has 4 nitrogen and oxygen atoms in total. The van der Waals surface area contributed by atoms with Gasteiger partial charge in [0.15, 0.2) is 4.24 Å². The van der Waals surface area contributed by atoms with Crippen LogP contribution in [-0.4, -0.2) is 16.8 Å². The Morgan fingerprint density at radius 1 is 0.455 bits per heavy atom. The maximum Gasteiger partial charge on any atom is 0.217 e. The highest BCUT2D eigenvalue weighted by Gasteiger charge is 2.34. The lowest BCUT2D eigenvalue weighted by atomic mass is 10.0. The normalized spacial score (nSPS) is 12.0. The Kier molecular flexibility index (Phi) is 18.9. The zero-order valence-electron chi connectivity index (χ0n) is 27.8. The molecule has 0 aliphatic rings. The number of unbranched alkanes of at least 4 members (excludes halogenated alkanes) is 18. The lowest BCUT2D eigenvalue weighted by molar-refractivity contribution is 0.555. The first-order valence-corrected chi connectivity index (χ1v) is 20.6. The average molecular weight is 645 g/mol. The first-order chi connectivity index (χ1) is 21.3. The molecule has 0 unspecified atom stereocenters. The molecular weight excluding hydrogens is 585 g/mol. The first-order valence-electron chi connectivity index (χ1n) is 17.6. The molecule has 44 heavy (non-hydrogen) atoms. The second-order valence-corrected chi connectivity index (χ2v) is 16.6. The van der Waals surface area contributed by atoms with Crippen LogP contribution in [0.1, 0.15) is 153 Å². The van der Waals surface area contributed by atoms with E-state index in [1.54, 1.807) is 24.3 Å². The predicted octanol–water partition coefficient (Wildman–Crippen LogP) is 11.3. The molecule has 0 radical (unpaired) electrons. The van der Waals surface area contributed by atoms with Crippen LogP contribution in [0.3, 0.4) is 0 Å². The minimum atomic E-state index is -4.28. The molecule has 0 atom stereocenters. The SMILES string of the molecule is C=C(S(=O)(=O)c1ccccc1CCCCCCCCCCCC)S(=O)(=O)c1ccccc1CCCCCCCCCCCC. The molecule has 2 aromatic rings. The molecule has 0 heterocycles. The van der Waals surface area contributed by atoms with Crippen molar-refractivity contribution in [3.8, 4) is 0 Å². The van der Waals surface area contributed by atoms with Crippen LogP contribution in [0.15, 0.2) is 69.1 Å². The van der Waals surface area contributed by atoms with Gasteiger partial charge in [-0.25, -0.2) is 16.8 Å². The van der Waals surface area contributed by atoms with Crippen molar-refractivity contribution in [1.82, 2.24) is 0 Å². The van der Waals surface area contributed by atoms with E-state index in [1.807, 2.05) is 12.1 Å². The van der Waals surface area contributed by atoms with Gasteiger partial charge in [-0.05, 0) is 48.9 Å². The van der Waals surface area contributed by atoms with Gasteiger partial charge in [0.05, 0.1) is 9.79 Å². The van der Waals surface area contributed by atoms with Crippen molar-refractivity contribution in [3.05, 3.63) is 70.5 Å². The van der Waals surface area contributed by atoms with Crippen LogP contribution in [0.25, 0.3) is 0 Å². The zero-order chi connectivity index (χ0) is 32.1. The van der Waals surface area contributed by atoms with E-state index >= 15 is 0 Å². The Bertz CT molecular complexity index is 1200. The van der Waals surface area contributed by atoms with Gasteiger partial charge in [-0.15, -0.1) is 0 Å². The van der Waals surface area contributed by atoms with E-state index in [2.05, 4.69) is 20.4 Å². The van der Waals surface area contributed by atoms with Crippen molar-refractivity contribution < 1.29 is 16.8 Å². The topological polar surface area (TPSA) is 68.3 Å². The van der Waals surface area contributed by atoms with Gasteiger partial charge in [-0.1, -0.05) is 172 Å². The van der Waals surface area contributed by atoms with Crippen molar-refractivity contribution in [2.45, 2.75) is 165 Å². The summed E-state index contributed by atoms with van der Waals surface area (Å²) in [5, 5.41) is 0. The monoisotopic (exact) mass is 644 g/mol. The van der Waals surface area contributed by atoms with Crippen LogP contribution in [-0.2, 0) is 32.5 Å². The Morgan fingerprint density at radius 3 is 1.05 bits per heavy atom. The molecule has 0 fully saturated rings. The van der Waals surface area contributed by atoms with E-state index in [-0.39, 0.29) is 9.79 Å². The zero-order valence-corrected chi connectivity index (χ0v) is 29.5. The third-order valence-corrected chi connectivity index (χ3v) is 13.2. The Labute approximate surface area is 271 Å². The van der Waals surface area contributed by atoms with Gasteiger partial charge in [0.25, 0.3) is 0 Å². The van der Waals surface area contributed by atoms with E-state index < -0.39 is 23.9 Å². The third kappa shape index (κ3) is 13.2. The minimum Gasteiger partial charge on any atom is -0.218 e. The summed E-state index contributed by atoms with van der Waals surface area (Å²) in [5.41, 5.74) is 1.34. The third-order valence-electron chi connectivity index (χ3n) is 8.72. The summed E-state index contributed by atoms with van der Waals surface area (Å²) in [6, 6.07) is 13.6. The van der Waals surface area contributed by atoms with Gasteiger partial charge >= 0.3 is 0 Å². The molecule has 2 aromatic carbocycles. The quantitative estimate of drug-likeness (QED) is 0.0956. The van der Waals surface area contributed by atoms with Crippen LogP contribution in [0, 0.1) is 0 Å². The molecule has 0 N–H and O–H groups in total. The van der Waals surface area contributed by atoms with Gasteiger partial charge in [-0.3, -0.25) is 0 Å². The fraction of sp³-hybridized carbons (Fsp3) is 0.632. The maximum atomic E-state index is 13.7. The molecule has 248 valence electrons. The second kappa shape index (κ2) is 21.8. The largest absolute Gasteiger partial charge is 0.218 e. The first kappa shape index (κ1) is 38.3. The maximum absolute atomic E-state index is 13.7. The predicted molar refractivity (Wildman–Crippen MR) is 187 cm³/mol. The van der Waals surface area contributed by atoms with Crippen LogP contribution < -0.4 is 0 Å². The number of hydrogen-bond acceptors (Lipinski definition) is 4. The summed E-state index contributed by atoms with van der Waals surface area (Å²) in [5.74, 6) is 0. The number of hydrogen-bond donors (Lipinski definition) is 0. The van der Waals surface area contributed by atoms with E-state index in [0.717, 1.165) is 38.5 Å². The number of rotatable bonds is 26. The molecule has 0 aromatic heterocycles. The van der Waals surface area contributed by atoms with Crippen LogP contribution in [0.2, 0.25) is 0 Å². The minimum absolute atomic E-state index is 0.0664. The molecular formula is C38H60O4S2. The summed E-state index contributed by atoms with van der Waals surface area (Å²) in [4.78, 5) is 0.133.